The molecular weight excluding hydrogens is 442 g/mol. The van der Waals surface area contributed by atoms with E-state index in [-0.39, 0.29) is 24.5 Å². The summed E-state index contributed by atoms with van der Waals surface area (Å²) in [6.45, 7) is 6.19. The molecular formula is C23H37N5O6. The highest BCUT2D eigenvalue weighted by Gasteiger charge is 2.44. The van der Waals surface area contributed by atoms with Gasteiger partial charge in [0, 0.05) is 19.9 Å². The van der Waals surface area contributed by atoms with Crippen LogP contribution >= 0.6 is 0 Å². The first-order valence-electron chi connectivity index (χ1n) is 12.4. The van der Waals surface area contributed by atoms with Crippen molar-refractivity contribution < 1.29 is 29.0 Å². The lowest BCUT2D eigenvalue weighted by atomic mass is 9.68. The lowest BCUT2D eigenvalue weighted by molar-refractivity contribution is -0.154. The van der Waals surface area contributed by atoms with Gasteiger partial charge in [0.15, 0.2) is 12.6 Å². The number of amides is 1. The predicted molar refractivity (Wildman–Crippen MR) is 120 cm³/mol. The number of aryl methyl sites for hydroxylation is 1. The number of likely N-dealkylation sites (tertiary alicyclic amines) is 1. The van der Waals surface area contributed by atoms with E-state index in [0.29, 0.717) is 43.7 Å². The number of tetrazole rings is 1. The molecule has 3 rings (SSSR count). The molecule has 0 spiro atoms. The smallest absolute Gasteiger partial charge is 0.408 e. The highest BCUT2D eigenvalue weighted by atomic mass is 16.5. The standard InChI is InChI=1S/C23H37N5O6/c1-4-16(5-2)13-33-22(30)20-11-19-10-17(6-8-18(19)12-27(20)23(31)32)7-9-21-24-25-26-28(21)14-34-15(3)29/h16-20H,4-14H2,1-3H3,(H,31,32)/t17-,18+,19-,20+/m1/s1. The maximum atomic E-state index is 12.8. The first-order valence-corrected chi connectivity index (χ1v) is 12.4. The van der Waals surface area contributed by atoms with Gasteiger partial charge in [0.2, 0.25) is 0 Å². The fourth-order valence-electron chi connectivity index (χ4n) is 5.25. The van der Waals surface area contributed by atoms with Gasteiger partial charge in [0.05, 0.1) is 6.61 Å². The molecule has 4 atom stereocenters. The molecule has 11 nitrogen and oxygen atoms in total. The Morgan fingerprint density at radius 3 is 2.56 bits per heavy atom. The Kier molecular flexibility index (Phi) is 9.23. The molecule has 1 amide bonds. The van der Waals surface area contributed by atoms with Crippen LogP contribution in [0.5, 0.6) is 0 Å². The van der Waals surface area contributed by atoms with Gasteiger partial charge < -0.3 is 14.6 Å². The monoisotopic (exact) mass is 479 g/mol. The number of fused-ring (bicyclic) bond motifs is 1. The van der Waals surface area contributed by atoms with E-state index >= 15 is 0 Å². The molecule has 0 unspecified atom stereocenters. The quantitative estimate of drug-likeness (QED) is 0.502. The van der Waals surface area contributed by atoms with Crippen LogP contribution in [0.1, 0.15) is 71.5 Å². The molecule has 0 radical (unpaired) electrons. The molecule has 1 aliphatic carbocycles. The number of nitrogens with zero attached hydrogens (tertiary/aromatic N) is 5. The van der Waals surface area contributed by atoms with Crippen molar-refractivity contribution in [1.29, 1.82) is 0 Å². The number of carbonyl (C=O) groups is 3. The molecule has 1 aromatic rings. The van der Waals surface area contributed by atoms with Gasteiger partial charge in [-0.25, -0.2) is 9.59 Å². The third-order valence-electron chi connectivity index (χ3n) is 7.49. The van der Waals surface area contributed by atoms with E-state index < -0.39 is 18.1 Å². The average Bonchev–Trinajstić information content (AvgIpc) is 3.28. The van der Waals surface area contributed by atoms with Crippen LogP contribution in [-0.4, -0.2) is 67.4 Å². The zero-order valence-electron chi connectivity index (χ0n) is 20.4. The second kappa shape index (κ2) is 12.1. The minimum Gasteiger partial charge on any atom is -0.465 e. The Morgan fingerprint density at radius 2 is 1.88 bits per heavy atom. The van der Waals surface area contributed by atoms with Crippen molar-refractivity contribution >= 4 is 18.0 Å². The van der Waals surface area contributed by atoms with Gasteiger partial charge >= 0.3 is 18.0 Å². The summed E-state index contributed by atoms with van der Waals surface area (Å²) in [6.07, 6.45) is 5.75. The van der Waals surface area contributed by atoms with Crippen molar-refractivity contribution in [2.45, 2.75) is 84.9 Å². The van der Waals surface area contributed by atoms with Crippen LogP contribution in [0.3, 0.4) is 0 Å². The number of carboxylic acid groups (broad SMARTS) is 1. The average molecular weight is 480 g/mol. The fourth-order valence-corrected chi connectivity index (χ4v) is 5.25. The van der Waals surface area contributed by atoms with Crippen LogP contribution in [0.15, 0.2) is 0 Å². The van der Waals surface area contributed by atoms with Gasteiger partial charge in [-0.15, -0.1) is 5.10 Å². The number of hydrogen-bond donors (Lipinski definition) is 1. The molecule has 190 valence electrons. The lowest BCUT2D eigenvalue weighted by Crippen LogP contribution is -2.54. The molecule has 1 aliphatic heterocycles. The zero-order valence-corrected chi connectivity index (χ0v) is 20.4. The Hall–Kier alpha value is -2.72. The second-order valence-corrected chi connectivity index (χ2v) is 9.60. The summed E-state index contributed by atoms with van der Waals surface area (Å²) in [5.41, 5.74) is 0. The normalized spacial score (nSPS) is 24.5. The highest BCUT2D eigenvalue weighted by molar-refractivity contribution is 5.81. The highest BCUT2D eigenvalue weighted by Crippen LogP contribution is 2.42. The SMILES string of the molecule is CCC(CC)COC(=O)[C@@H]1C[C@H]2C[C@@H](CCc3nnnn3COC(C)=O)CC[C@H]2CN1C(=O)O. The number of piperidine rings is 1. The van der Waals surface area contributed by atoms with Gasteiger partial charge in [-0.3, -0.25) is 9.69 Å². The molecule has 2 heterocycles. The summed E-state index contributed by atoms with van der Waals surface area (Å²) in [5.74, 6) is 1.17. The Bertz CT molecular complexity index is 842. The van der Waals surface area contributed by atoms with Crippen LogP contribution in [0.4, 0.5) is 4.79 Å². The third-order valence-corrected chi connectivity index (χ3v) is 7.49. The van der Waals surface area contributed by atoms with Crippen molar-refractivity contribution in [2.24, 2.45) is 23.7 Å². The largest absolute Gasteiger partial charge is 0.465 e. The fraction of sp³-hybridized carbons (Fsp3) is 0.826. The van der Waals surface area contributed by atoms with Gasteiger partial charge in [0.1, 0.15) is 6.04 Å². The molecule has 11 heteroatoms. The number of carbonyl (C=O) groups excluding carboxylic acids is 2. The third kappa shape index (κ3) is 6.66. The summed E-state index contributed by atoms with van der Waals surface area (Å²) in [7, 11) is 0. The van der Waals surface area contributed by atoms with E-state index in [1.165, 1.54) is 16.5 Å². The Balaban J connectivity index is 1.57. The summed E-state index contributed by atoms with van der Waals surface area (Å²) < 4.78 is 12.0. The van der Waals surface area contributed by atoms with E-state index in [2.05, 4.69) is 29.4 Å². The van der Waals surface area contributed by atoms with Crippen molar-refractivity contribution in [3.63, 3.8) is 0 Å². The maximum absolute atomic E-state index is 12.8. The molecule has 2 fully saturated rings. The van der Waals surface area contributed by atoms with Crippen molar-refractivity contribution in [2.75, 3.05) is 13.2 Å². The predicted octanol–water partition coefficient (Wildman–Crippen LogP) is 2.89. The molecule has 0 aromatic carbocycles. The molecule has 2 aliphatic rings. The minimum atomic E-state index is -1.05. The van der Waals surface area contributed by atoms with Gasteiger partial charge in [-0.2, -0.15) is 4.68 Å². The van der Waals surface area contributed by atoms with Gasteiger partial charge in [-0.1, -0.05) is 33.1 Å². The zero-order chi connectivity index (χ0) is 24.7. The molecule has 1 saturated heterocycles. The second-order valence-electron chi connectivity index (χ2n) is 9.60. The van der Waals surface area contributed by atoms with Crippen LogP contribution < -0.4 is 0 Å². The van der Waals surface area contributed by atoms with E-state index in [0.717, 1.165) is 38.5 Å². The van der Waals surface area contributed by atoms with Crippen LogP contribution in [0.25, 0.3) is 0 Å². The summed E-state index contributed by atoms with van der Waals surface area (Å²) in [5, 5.41) is 21.3. The van der Waals surface area contributed by atoms with Crippen molar-refractivity contribution in [3.05, 3.63) is 5.82 Å². The molecule has 1 aromatic heterocycles. The summed E-state index contributed by atoms with van der Waals surface area (Å²) >= 11 is 0. The van der Waals surface area contributed by atoms with Gasteiger partial charge in [-0.05, 0) is 59.8 Å². The molecule has 1 saturated carbocycles. The Labute approximate surface area is 200 Å². The minimum absolute atomic E-state index is 0.00122. The number of aromatic nitrogens is 4. The summed E-state index contributed by atoms with van der Waals surface area (Å²) in [4.78, 5) is 37.1. The van der Waals surface area contributed by atoms with Crippen molar-refractivity contribution in [1.82, 2.24) is 25.1 Å². The number of rotatable bonds is 10. The molecule has 1 N–H and O–H groups in total. The van der Waals surface area contributed by atoms with E-state index in [9.17, 15) is 19.5 Å². The number of hydrogen-bond acceptors (Lipinski definition) is 8. The maximum Gasteiger partial charge on any atom is 0.408 e. The molecule has 0 bridgehead atoms. The first kappa shape index (κ1) is 25.9. The van der Waals surface area contributed by atoms with E-state index in [4.69, 9.17) is 9.47 Å². The number of esters is 2. The first-order chi connectivity index (χ1) is 16.3. The number of ether oxygens (including phenoxy) is 2. The molecule has 34 heavy (non-hydrogen) atoms. The van der Waals surface area contributed by atoms with Gasteiger partial charge in [0.25, 0.3) is 0 Å². The Morgan fingerprint density at radius 1 is 1.12 bits per heavy atom. The van der Waals surface area contributed by atoms with Crippen LogP contribution in [0.2, 0.25) is 0 Å². The topological polar surface area (TPSA) is 137 Å². The summed E-state index contributed by atoms with van der Waals surface area (Å²) in [6, 6.07) is -0.733. The van der Waals surface area contributed by atoms with Crippen LogP contribution in [0, 0.1) is 23.7 Å². The van der Waals surface area contributed by atoms with E-state index in [1.807, 2.05) is 0 Å². The van der Waals surface area contributed by atoms with E-state index in [1.54, 1.807) is 0 Å². The lowest BCUT2D eigenvalue weighted by Gasteiger charge is -2.45. The van der Waals surface area contributed by atoms with Crippen LogP contribution in [-0.2, 0) is 32.2 Å². The van der Waals surface area contributed by atoms with Crippen molar-refractivity contribution in [3.8, 4) is 0 Å².